The molecule has 2 unspecified atom stereocenters. The molecule has 0 N–H and O–H groups in total. The van der Waals surface area contributed by atoms with E-state index in [1.165, 1.54) is 13.8 Å². The molecule has 0 saturated carbocycles. The van der Waals surface area contributed by atoms with E-state index < -0.39 is 36.1 Å². The van der Waals surface area contributed by atoms with Gasteiger partial charge in [-0.05, 0) is 24.3 Å². The van der Waals surface area contributed by atoms with E-state index in [1.807, 2.05) is 0 Å². The van der Waals surface area contributed by atoms with Crippen molar-refractivity contribution in [3.63, 3.8) is 0 Å². The van der Waals surface area contributed by atoms with Crippen LogP contribution in [-0.4, -0.2) is 49.3 Å². The lowest BCUT2D eigenvalue weighted by atomic mass is 10.2. The van der Waals surface area contributed by atoms with Gasteiger partial charge < -0.3 is 18.9 Å². The molecule has 0 heterocycles. The summed E-state index contributed by atoms with van der Waals surface area (Å²) in [6, 6.07) is 16.3. The van der Waals surface area contributed by atoms with Crippen molar-refractivity contribution >= 4 is 23.9 Å². The molecular formula is C22H22O8. The summed E-state index contributed by atoms with van der Waals surface area (Å²) in [5, 5.41) is 0. The maximum Gasteiger partial charge on any atom is 0.338 e. The molecule has 2 aromatic rings. The second kappa shape index (κ2) is 11.4. The molecular weight excluding hydrogens is 392 g/mol. The van der Waals surface area contributed by atoms with Crippen LogP contribution in [0.2, 0.25) is 0 Å². The minimum absolute atomic E-state index is 0.256. The average molecular weight is 414 g/mol. The summed E-state index contributed by atoms with van der Waals surface area (Å²) in [7, 11) is 0. The molecule has 158 valence electrons. The van der Waals surface area contributed by atoms with Crippen LogP contribution in [0.5, 0.6) is 0 Å². The van der Waals surface area contributed by atoms with E-state index in [0.717, 1.165) is 0 Å². The third-order valence-electron chi connectivity index (χ3n) is 3.85. The molecule has 0 spiro atoms. The van der Waals surface area contributed by atoms with Gasteiger partial charge in [-0.15, -0.1) is 0 Å². The fraction of sp³-hybridized carbons (Fsp3) is 0.273. The Morgan fingerprint density at radius 2 is 0.967 bits per heavy atom. The lowest BCUT2D eigenvalue weighted by Gasteiger charge is -2.26. The number of hydrogen-bond acceptors (Lipinski definition) is 8. The first-order valence-electron chi connectivity index (χ1n) is 9.15. The Morgan fingerprint density at radius 3 is 1.27 bits per heavy atom. The minimum atomic E-state index is -1.20. The molecule has 8 heteroatoms. The summed E-state index contributed by atoms with van der Waals surface area (Å²) in [6.45, 7) is 1.60. The predicted octanol–water partition coefficient (Wildman–Crippen LogP) is 2.56. The third-order valence-corrected chi connectivity index (χ3v) is 3.85. The number of benzene rings is 2. The van der Waals surface area contributed by atoms with E-state index in [1.54, 1.807) is 60.7 Å². The number of carbonyl (C=O) groups is 4. The Balaban J connectivity index is 2.23. The Hall–Kier alpha value is -3.68. The fourth-order valence-corrected chi connectivity index (χ4v) is 2.39. The van der Waals surface area contributed by atoms with Gasteiger partial charge >= 0.3 is 23.9 Å². The molecule has 0 aliphatic carbocycles. The summed E-state index contributed by atoms with van der Waals surface area (Å²) < 4.78 is 20.8. The molecule has 0 fully saturated rings. The first-order chi connectivity index (χ1) is 14.4. The maximum absolute atomic E-state index is 12.5. The van der Waals surface area contributed by atoms with Crippen LogP contribution in [0.4, 0.5) is 0 Å². The summed E-state index contributed by atoms with van der Waals surface area (Å²) in [6.07, 6.45) is -2.40. The number of carbonyl (C=O) groups excluding carboxylic acids is 4. The molecule has 0 amide bonds. The van der Waals surface area contributed by atoms with Gasteiger partial charge in [0.15, 0.2) is 12.2 Å². The molecule has 2 aromatic carbocycles. The van der Waals surface area contributed by atoms with Crippen LogP contribution in [-0.2, 0) is 28.5 Å². The van der Waals surface area contributed by atoms with Crippen LogP contribution >= 0.6 is 0 Å². The van der Waals surface area contributed by atoms with Gasteiger partial charge in [0.2, 0.25) is 0 Å². The SMILES string of the molecule is CC(=O)OCC(OC(=O)c1ccccc1)C(COC(C)=O)OC(=O)c1ccccc1. The summed E-state index contributed by atoms with van der Waals surface area (Å²) in [5.74, 6) is -2.65. The summed E-state index contributed by atoms with van der Waals surface area (Å²) in [4.78, 5) is 47.5. The molecule has 0 aliphatic rings. The highest BCUT2D eigenvalue weighted by molar-refractivity contribution is 5.90. The smallest absolute Gasteiger partial charge is 0.338 e. The molecule has 0 aromatic heterocycles. The number of ether oxygens (including phenoxy) is 4. The van der Waals surface area contributed by atoms with Gasteiger partial charge in [0, 0.05) is 13.8 Å². The van der Waals surface area contributed by atoms with E-state index in [0.29, 0.717) is 0 Å². The first-order valence-corrected chi connectivity index (χ1v) is 9.15. The predicted molar refractivity (Wildman–Crippen MR) is 105 cm³/mol. The van der Waals surface area contributed by atoms with E-state index in [9.17, 15) is 19.2 Å². The van der Waals surface area contributed by atoms with Crippen molar-refractivity contribution in [2.24, 2.45) is 0 Å². The van der Waals surface area contributed by atoms with Crippen LogP contribution in [0.1, 0.15) is 34.6 Å². The Bertz CT molecular complexity index is 790. The molecule has 0 radical (unpaired) electrons. The average Bonchev–Trinajstić information content (AvgIpc) is 2.74. The summed E-state index contributed by atoms with van der Waals surface area (Å²) in [5.41, 5.74) is 0.511. The van der Waals surface area contributed by atoms with Crippen molar-refractivity contribution < 1.29 is 38.1 Å². The zero-order valence-electron chi connectivity index (χ0n) is 16.6. The van der Waals surface area contributed by atoms with Crippen molar-refractivity contribution in [1.29, 1.82) is 0 Å². The topological polar surface area (TPSA) is 105 Å². The van der Waals surface area contributed by atoms with Crippen molar-refractivity contribution in [2.45, 2.75) is 26.1 Å². The van der Waals surface area contributed by atoms with Crippen molar-refractivity contribution in [2.75, 3.05) is 13.2 Å². The number of rotatable bonds is 9. The van der Waals surface area contributed by atoms with Gasteiger partial charge in [-0.2, -0.15) is 0 Å². The van der Waals surface area contributed by atoms with Crippen molar-refractivity contribution in [3.8, 4) is 0 Å². The normalized spacial score (nSPS) is 12.2. The summed E-state index contributed by atoms with van der Waals surface area (Å²) >= 11 is 0. The van der Waals surface area contributed by atoms with E-state index in [4.69, 9.17) is 18.9 Å². The van der Waals surface area contributed by atoms with Gasteiger partial charge in [0.05, 0.1) is 11.1 Å². The maximum atomic E-state index is 12.5. The molecule has 0 saturated heterocycles. The highest BCUT2D eigenvalue weighted by atomic mass is 16.6. The van der Waals surface area contributed by atoms with Gasteiger partial charge in [-0.3, -0.25) is 9.59 Å². The minimum Gasteiger partial charge on any atom is -0.462 e. The second-order valence-electron chi connectivity index (χ2n) is 6.22. The quantitative estimate of drug-likeness (QED) is 0.455. The van der Waals surface area contributed by atoms with Crippen LogP contribution in [0.25, 0.3) is 0 Å². The molecule has 0 bridgehead atoms. The number of esters is 4. The van der Waals surface area contributed by atoms with Crippen molar-refractivity contribution in [3.05, 3.63) is 71.8 Å². The van der Waals surface area contributed by atoms with Gasteiger partial charge in [0.1, 0.15) is 13.2 Å². The Morgan fingerprint density at radius 1 is 0.633 bits per heavy atom. The van der Waals surface area contributed by atoms with Crippen molar-refractivity contribution in [1.82, 2.24) is 0 Å². The van der Waals surface area contributed by atoms with Crippen LogP contribution in [0.3, 0.4) is 0 Å². The zero-order chi connectivity index (χ0) is 21.9. The van der Waals surface area contributed by atoms with E-state index in [2.05, 4.69) is 0 Å². The Kier molecular flexibility index (Phi) is 8.56. The molecule has 0 aliphatic heterocycles. The lowest BCUT2D eigenvalue weighted by Crippen LogP contribution is -2.42. The van der Waals surface area contributed by atoms with E-state index in [-0.39, 0.29) is 24.3 Å². The first kappa shape index (κ1) is 22.6. The highest BCUT2D eigenvalue weighted by Crippen LogP contribution is 2.14. The van der Waals surface area contributed by atoms with E-state index >= 15 is 0 Å². The molecule has 2 rings (SSSR count). The third kappa shape index (κ3) is 7.38. The van der Waals surface area contributed by atoms with Crippen LogP contribution < -0.4 is 0 Å². The largest absolute Gasteiger partial charge is 0.462 e. The number of hydrogen-bond donors (Lipinski definition) is 0. The monoisotopic (exact) mass is 414 g/mol. The van der Waals surface area contributed by atoms with Gasteiger partial charge in [0.25, 0.3) is 0 Å². The van der Waals surface area contributed by atoms with Crippen LogP contribution in [0.15, 0.2) is 60.7 Å². The Labute approximate surface area is 173 Å². The standard InChI is InChI=1S/C22H22O8/c1-15(23)27-13-19(29-21(25)17-9-5-3-6-10-17)20(14-28-16(2)24)30-22(26)18-11-7-4-8-12-18/h3-12,19-20H,13-14H2,1-2H3. The lowest BCUT2D eigenvalue weighted by molar-refractivity contribution is -0.154. The van der Waals surface area contributed by atoms with Gasteiger partial charge in [-0.25, -0.2) is 9.59 Å². The van der Waals surface area contributed by atoms with Crippen LogP contribution in [0, 0.1) is 0 Å². The highest BCUT2D eigenvalue weighted by Gasteiger charge is 2.32. The van der Waals surface area contributed by atoms with Gasteiger partial charge in [-0.1, -0.05) is 36.4 Å². The molecule has 2 atom stereocenters. The zero-order valence-corrected chi connectivity index (χ0v) is 16.6. The molecule has 8 nitrogen and oxygen atoms in total. The fourth-order valence-electron chi connectivity index (χ4n) is 2.39. The second-order valence-corrected chi connectivity index (χ2v) is 6.22. The molecule has 30 heavy (non-hydrogen) atoms.